The van der Waals surface area contributed by atoms with E-state index in [2.05, 4.69) is 0 Å². The van der Waals surface area contributed by atoms with Crippen LogP contribution in [0.15, 0.2) is 51.1 Å². The SMILES string of the molecule is O=[N+]([O-])c1ccc(Sc2cc(Cl)cc(Cl)c2)c(S(=O)(=O)N2CCS(=O)(=O)CC2)c1. The molecule has 0 atom stereocenters. The lowest BCUT2D eigenvalue weighted by molar-refractivity contribution is -0.385. The predicted octanol–water partition coefficient (Wildman–Crippen LogP) is 3.47. The Hall–Kier alpha value is -1.37. The maximum absolute atomic E-state index is 13.2. The molecule has 0 N–H and O–H groups in total. The number of hydrogen-bond acceptors (Lipinski definition) is 7. The summed E-state index contributed by atoms with van der Waals surface area (Å²) in [6, 6.07) is 8.22. The van der Waals surface area contributed by atoms with E-state index in [0.717, 1.165) is 22.1 Å². The summed E-state index contributed by atoms with van der Waals surface area (Å²) in [5.74, 6) is -0.596. The zero-order chi connectivity index (χ0) is 21.4. The molecule has 0 bridgehead atoms. The highest BCUT2D eigenvalue weighted by Crippen LogP contribution is 2.38. The molecule has 3 rings (SSSR count). The molecule has 1 heterocycles. The van der Waals surface area contributed by atoms with Gasteiger partial charge in [0, 0.05) is 45.1 Å². The van der Waals surface area contributed by atoms with Crippen molar-refractivity contribution in [3.05, 3.63) is 56.6 Å². The van der Waals surface area contributed by atoms with E-state index in [1.54, 1.807) is 12.1 Å². The van der Waals surface area contributed by atoms with Crippen molar-refractivity contribution in [2.75, 3.05) is 24.6 Å². The van der Waals surface area contributed by atoms with Crippen LogP contribution in [0.25, 0.3) is 0 Å². The second-order valence-electron chi connectivity index (χ2n) is 6.15. The van der Waals surface area contributed by atoms with Gasteiger partial charge >= 0.3 is 0 Å². The van der Waals surface area contributed by atoms with Crippen LogP contribution in [-0.4, -0.2) is 50.7 Å². The second-order valence-corrected chi connectivity index (χ2v) is 12.3. The molecule has 1 saturated heterocycles. The standard InChI is InChI=1S/C16H14Cl2N2O6S3/c17-11-7-12(18)9-14(8-11)27-15-2-1-13(20(21)22)10-16(15)29(25,26)19-3-5-28(23,24)6-4-19/h1-2,7-10H,3-6H2. The molecule has 0 aliphatic carbocycles. The van der Waals surface area contributed by atoms with Crippen molar-refractivity contribution < 1.29 is 21.8 Å². The number of sulfonamides is 1. The van der Waals surface area contributed by atoms with E-state index in [1.807, 2.05) is 0 Å². The molecule has 0 radical (unpaired) electrons. The third kappa shape index (κ3) is 5.22. The van der Waals surface area contributed by atoms with Crippen molar-refractivity contribution in [2.45, 2.75) is 14.7 Å². The number of nitro groups is 1. The van der Waals surface area contributed by atoms with Gasteiger partial charge in [0.25, 0.3) is 5.69 Å². The molecule has 1 aliphatic rings. The molecule has 29 heavy (non-hydrogen) atoms. The van der Waals surface area contributed by atoms with Crippen LogP contribution in [0.5, 0.6) is 0 Å². The average molecular weight is 497 g/mol. The Morgan fingerprint density at radius 3 is 2.17 bits per heavy atom. The van der Waals surface area contributed by atoms with E-state index >= 15 is 0 Å². The van der Waals surface area contributed by atoms with Gasteiger partial charge in [-0.1, -0.05) is 35.0 Å². The first kappa shape index (κ1) is 22.3. The molecule has 8 nitrogen and oxygen atoms in total. The number of nitro benzene ring substituents is 1. The molecule has 0 spiro atoms. The van der Waals surface area contributed by atoms with Gasteiger partial charge in [-0.25, -0.2) is 16.8 Å². The normalized spacial score (nSPS) is 17.2. The highest BCUT2D eigenvalue weighted by atomic mass is 35.5. The van der Waals surface area contributed by atoms with E-state index < -0.39 is 24.8 Å². The Bertz CT molecular complexity index is 1150. The summed E-state index contributed by atoms with van der Waals surface area (Å²) in [4.78, 5) is 11.0. The zero-order valence-corrected chi connectivity index (χ0v) is 18.6. The maximum atomic E-state index is 13.2. The van der Waals surface area contributed by atoms with Crippen LogP contribution in [0.3, 0.4) is 0 Å². The molecule has 0 aromatic heterocycles. The summed E-state index contributed by atoms with van der Waals surface area (Å²) in [6.45, 7) is -0.416. The largest absolute Gasteiger partial charge is 0.270 e. The predicted molar refractivity (Wildman–Crippen MR) is 111 cm³/mol. The number of non-ortho nitro benzene ring substituents is 1. The topological polar surface area (TPSA) is 115 Å². The molecular formula is C16H14Cl2N2O6S3. The van der Waals surface area contributed by atoms with E-state index in [0.29, 0.717) is 14.9 Å². The summed E-state index contributed by atoms with van der Waals surface area (Å²) < 4.78 is 50.6. The first-order chi connectivity index (χ1) is 13.5. The van der Waals surface area contributed by atoms with Gasteiger partial charge in [-0.3, -0.25) is 10.1 Å². The van der Waals surface area contributed by atoms with Crippen LogP contribution in [0.2, 0.25) is 10.0 Å². The van der Waals surface area contributed by atoms with Crippen molar-refractivity contribution >= 4 is 60.5 Å². The molecule has 13 heteroatoms. The highest BCUT2D eigenvalue weighted by molar-refractivity contribution is 8.00. The van der Waals surface area contributed by atoms with E-state index in [1.165, 1.54) is 18.2 Å². The van der Waals surface area contributed by atoms with Crippen LogP contribution in [0.1, 0.15) is 0 Å². The molecule has 2 aromatic carbocycles. The Labute approximate surface area is 181 Å². The molecule has 0 unspecified atom stereocenters. The minimum absolute atomic E-state index is 0.208. The average Bonchev–Trinajstić information content (AvgIpc) is 2.60. The van der Waals surface area contributed by atoms with E-state index in [9.17, 15) is 26.9 Å². The van der Waals surface area contributed by atoms with Crippen LogP contribution in [0.4, 0.5) is 5.69 Å². The van der Waals surface area contributed by atoms with Gasteiger partial charge in [0.1, 0.15) is 4.90 Å². The zero-order valence-electron chi connectivity index (χ0n) is 14.6. The second kappa shape index (κ2) is 8.40. The number of rotatable bonds is 5. The van der Waals surface area contributed by atoms with Gasteiger partial charge < -0.3 is 0 Å². The fraction of sp³-hybridized carbons (Fsp3) is 0.250. The number of benzene rings is 2. The van der Waals surface area contributed by atoms with Crippen LogP contribution < -0.4 is 0 Å². The Morgan fingerprint density at radius 1 is 1.03 bits per heavy atom. The number of hydrogen-bond donors (Lipinski definition) is 0. The van der Waals surface area contributed by atoms with Crippen molar-refractivity contribution in [3.8, 4) is 0 Å². The summed E-state index contributed by atoms with van der Waals surface area (Å²) in [7, 11) is -7.46. The fourth-order valence-corrected chi connectivity index (χ4v) is 7.67. The monoisotopic (exact) mass is 496 g/mol. The molecule has 1 aliphatic heterocycles. The first-order valence-electron chi connectivity index (χ1n) is 8.11. The van der Waals surface area contributed by atoms with E-state index in [-0.39, 0.29) is 40.1 Å². The fourth-order valence-electron chi connectivity index (χ4n) is 2.69. The minimum Gasteiger partial charge on any atom is -0.258 e. The van der Waals surface area contributed by atoms with Crippen LogP contribution in [0, 0.1) is 10.1 Å². The summed E-state index contributed by atoms with van der Waals surface area (Å²) in [6.07, 6.45) is 0. The third-order valence-corrected chi connectivity index (χ3v) is 9.28. The molecule has 1 fully saturated rings. The Morgan fingerprint density at radius 2 is 1.62 bits per heavy atom. The Balaban J connectivity index is 2.05. The molecule has 0 amide bonds. The van der Waals surface area contributed by atoms with Crippen LogP contribution in [-0.2, 0) is 19.9 Å². The lowest BCUT2D eigenvalue weighted by Crippen LogP contribution is -2.43. The van der Waals surface area contributed by atoms with Crippen LogP contribution >= 0.6 is 35.0 Å². The number of halogens is 2. The first-order valence-corrected chi connectivity index (χ1v) is 12.9. The molecule has 2 aromatic rings. The van der Waals surface area contributed by atoms with Gasteiger partial charge in [-0.2, -0.15) is 4.31 Å². The lowest BCUT2D eigenvalue weighted by Gasteiger charge is -2.26. The smallest absolute Gasteiger partial charge is 0.258 e. The number of sulfone groups is 1. The van der Waals surface area contributed by atoms with Crippen molar-refractivity contribution in [3.63, 3.8) is 0 Å². The summed E-state index contributed by atoms with van der Waals surface area (Å²) in [5.41, 5.74) is -0.387. The highest BCUT2D eigenvalue weighted by Gasteiger charge is 2.34. The number of nitrogens with zero attached hydrogens (tertiary/aromatic N) is 2. The maximum Gasteiger partial charge on any atom is 0.270 e. The quantitative estimate of drug-likeness (QED) is 0.459. The van der Waals surface area contributed by atoms with Gasteiger partial charge in [0.15, 0.2) is 9.84 Å². The van der Waals surface area contributed by atoms with Gasteiger partial charge in [0.2, 0.25) is 10.0 Å². The van der Waals surface area contributed by atoms with Crippen molar-refractivity contribution in [1.82, 2.24) is 4.31 Å². The minimum atomic E-state index is -4.16. The van der Waals surface area contributed by atoms with Gasteiger partial charge in [-0.15, -0.1) is 0 Å². The van der Waals surface area contributed by atoms with E-state index in [4.69, 9.17) is 23.2 Å². The lowest BCUT2D eigenvalue weighted by atomic mass is 10.3. The summed E-state index contributed by atoms with van der Waals surface area (Å²) in [5, 5.41) is 11.9. The molecule has 0 saturated carbocycles. The van der Waals surface area contributed by atoms with Gasteiger partial charge in [-0.05, 0) is 24.3 Å². The van der Waals surface area contributed by atoms with Crippen molar-refractivity contribution in [1.29, 1.82) is 0 Å². The summed E-state index contributed by atoms with van der Waals surface area (Å²) >= 11 is 13.0. The van der Waals surface area contributed by atoms with Crippen molar-refractivity contribution in [2.24, 2.45) is 0 Å². The third-order valence-electron chi connectivity index (χ3n) is 4.12. The molecular weight excluding hydrogens is 483 g/mol. The van der Waals surface area contributed by atoms with Gasteiger partial charge in [0.05, 0.1) is 16.4 Å². The Kier molecular flexibility index (Phi) is 6.47. The molecule has 156 valence electrons.